The molecule has 0 aliphatic rings. The Morgan fingerprint density at radius 3 is 2.19 bits per heavy atom. The molecule has 2 heterocycles. The summed E-state index contributed by atoms with van der Waals surface area (Å²) in [7, 11) is 0. The van der Waals surface area contributed by atoms with Crippen molar-refractivity contribution in [2.24, 2.45) is 5.73 Å². The second-order valence-electron chi connectivity index (χ2n) is 6.39. The maximum Gasteiger partial charge on any atom is 0.251 e. The number of amides is 2. The molecule has 0 saturated heterocycles. The van der Waals surface area contributed by atoms with Crippen molar-refractivity contribution in [2.45, 2.75) is 5.16 Å². The first-order valence-electron chi connectivity index (χ1n) is 9.27. The zero-order valence-electron chi connectivity index (χ0n) is 16.2. The number of nitrogens with two attached hydrogens (primary N) is 1. The molecule has 2 aromatic carbocycles. The fourth-order valence-electron chi connectivity index (χ4n) is 2.85. The van der Waals surface area contributed by atoms with Crippen molar-refractivity contribution in [1.29, 1.82) is 0 Å². The average Bonchev–Trinajstić information content (AvgIpc) is 3.27. The van der Waals surface area contributed by atoms with Gasteiger partial charge >= 0.3 is 0 Å². The molecule has 31 heavy (non-hydrogen) atoms. The minimum atomic E-state index is -0.583. The molecule has 2 aromatic heterocycles. The largest absolute Gasteiger partial charge is 0.366 e. The Morgan fingerprint density at radius 2 is 1.55 bits per heavy atom. The molecule has 0 aliphatic heterocycles. The van der Waals surface area contributed by atoms with Gasteiger partial charge in [0.2, 0.25) is 11.1 Å². The number of carbonyl (C=O) groups is 2. The molecule has 0 aliphatic carbocycles. The van der Waals surface area contributed by atoms with Gasteiger partial charge in [0.15, 0.2) is 0 Å². The molecule has 2 amide bonds. The van der Waals surface area contributed by atoms with Crippen LogP contribution in [-0.4, -0.2) is 32.7 Å². The second kappa shape index (κ2) is 9.50. The van der Waals surface area contributed by atoms with Crippen LogP contribution in [0.3, 0.4) is 0 Å². The lowest BCUT2D eigenvalue weighted by Gasteiger charge is -2.09. The van der Waals surface area contributed by atoms with E-state index in [0.717, 1.165) is 11.1 Å². The van der Waals surface area contributed by atoms with Crippen LogP contribution in [0.4, 0.5) is 5.00 Å². The topological polar surface area (TPSA) is 111 Å². The van der Waals surface area contributed by atoms with Gasteiger partial charge in [0, 0.05) is 11.1 Å². The molecule has 0 bridgehead atoms. The van der Waals surface area contributed by atoms with Gasteiger partial charge in [-0.2, -0.15) is 0 Å². The number of rotatable bonds is 7. The van der Waals surface area contributed by atoms with E-state index < -0.39 is 5.91 Å². The molecule has 9 heteroatoms. The number of anilines is 1. The van der Waals surface area contributed by atoms with E-state index in [4.69, 9.17) is 5.73 Å². The Hall–Kier alpha value is -3.56. The fourth-order valence-corrected chi connectivity index (χ4v) is 4.25. The summed E-state index contributed by atoms with van der Waals surface area (Å²) >= 11 is 2.41. The summed E-state index contributed by atoms with van der Waals surface area (Å²) < 4.78 is 0. The monoisotopic (exact) mass is 447 g/mol. The third-order valence-corrected chi connectivity index (χ3v) is 5.95. The van der Waals surface area contributed by atoms with E-state index in [9.17, 15) is 9.59 Å². The highest BCUT2D eigenvalue weighted by atomic mass is 32.2. The number of hydrogen-bond acceptors (Lipinski definition) is 7. The lowest BCUT2D eigenvalue weighted by atomic mass is 10.0. The van der Waals surface area contributed by atoms with Gasteiger partial charge in [-0.15, -0.1) is 21.5 Å². The standard InChI is InChI=1S/C22H17N5O2S2/c23-20(29)16-11-12-30-21(16)24-17(28)13-31-22-25-18(14-7-3-1-4-8-14)19(26-27-22)15-9-5-2-6-10-15/h1-12H,13H2,(H2,23,29)(H,24,28). The minimum absolute atomic E-state index is 0.0662. The Labute approximate surface area is 186 Å². The summed E-state index contributed by atoms with van der Waals surface area (Å²) in [5, 5.41) is 13.8. The summed E-state index contributed by atoms with van der Waals surface area (Å²) in [6.07, 6.45) is 0. The maximum absolute atomic E-state index is 12.3. The lowest BCUT2D eigenvalue weighted by molar-refractivity contribution is -0.113. The summed E-state index contributed by atoms with van der Waals surface area (Å²) in [6, 6.07) is 21.0. The zero-order chi connectivity index (χ0) is 21.6. The molecule has 4 aromatic rings. The Morgan fingerprint density at radius 1 is 0.903 bits per heavy atom. The number of benzene rings is 2. The summed E-state index contributed by atoms with van der Waals surface area (Å²) in [5.41, 5.74) is 8.79. The molecule has 0 unspecified atom stereocenters. The number of carbonyl (C=O) groups excluding carboxylic acids is 2. The number of aromatic nitrogens is 3. The molecular formula is C22H17N5O2S2. The van der Waals surface area contributed by atoms with E-state index in [1.807, 2.05) is 60.7 Å². The highest BCUT2D eigenvalue weighted by Crippen LogP contribution is 2.30. The van der Waals surface area contributed by atoms with Crippen LogP contribution in [0.2, 0.25) is 0 Å². The van der Waals surface area contributed by atoms with E-state index in [2.05, 4.69) is 20.5 Å². The third-order valence-electron chi connectivity index (χ3n) is 4.28. The van der Waals surface area contributed by atoms with Gasteiger partial charge in [-0.3, -0.25) is 9.59 Å². The molecule has 0 fully saturated rings. The molecule has 0 saturated carbocycles. The highest BCUT2D eigenvalue weighted by molar-refractivity contribution is 7.99. The van der Waals surface area contributed by atoms with Gasteiger partial charge in [0.1, 0.15) is 16.4 Å². The summed E-state index contributed by atoms with van der Waals surface area (Å²) in [4.78, 5) is 28.4. The third kappa shape index (κ3) is 4.96. The van der Waals surface area contributed by atoms with Crippen molar-refractivity contribution >= 4 is 39.9 Å². The number of hydrogen-bond donors (Lipinski definition) is 2. The lowest BCUT2D eigenvalue weighted by Crippen LogP contribution is -2.18. The Kier molecular flexibility index (Phi) is 6.34. The smallest absolute Gasteiger partial charge is 0.251 e. The van der Waals surface area contributed by atoms with Gasteiger partial charge in [-0.05, 0) is 11.4 Å². The van der Waals surface area contributed by atoms with E-state index in [1.54, 1.807) is 11.4 Å². The van der Waals surface area contributed by atoms with Crippen molar-refractivity contribution in [3.63, 3.8) is 0 Å². The van der Waals surface area contributed by atoms with Crippen LogP contribution in [0.15, 0.2) is 77.3 Å². The van der Waals surface area contributed by atoms with Crippen molar-refractivity contribution in [1.82, 2.24) is 15.2 Å². The van der Waals surface area contributed by atoms with Gasteiger partial charge in [-0.25, -0.2) is 4.98 Å². The quantitative estimate of drug-likeness (QED) is 0.413. The molecule has 0 atom stereocenters. The van der Waals surface area contributed by atoms with Crippen LogP contribution >= 0.6 is 23.1 Å². The average molecular weight is 448 g/mol. The molecule has 0 spiro atoms. The van der Waals surface area contributed by atoms with Gasteiger partial charge in [-0.1, -0.05) is 72.4 Å². The predicted octanol–water partition coefficient (Wildman–Crippen LogP) is 4.10. The summed E-state index contributed by atoms with van der Waals surface area (Å²) in [5.74, 6) is -0.802. The van der Waals surface area contributed by atoms with Crippen LogP contribution < -0.4 is 11.1 Å². The van der Waals surface area contributed by atoms with E-state index in [-0.39, 0.29) is 11.7 Å². The number of thiophene rings is 1. The molecule has 0 radical (unpaired) electrons. The van der Waals surface area contributed by atoms with Gasteiger partial charge in [0.05, 0.1) is 11.3 Å². The first-order chi connectivity index (χ1) is 15.1. The van der Waals surface area contributed by atoms with Crippen LogP contribution in [-0.2, 0) is 4.79 Å². The first kappa shape index (κ1) is 20.7. The Bertz CT molecular complexity index is 1210. The van der Waals surface area contributed by atoms with Crippen LogP contribution in [0.1, 0.15) is 10.4 Å². The number of thioether (sulfide) groups is 1. The summed E-state index contributed by atoms with van der Waals surface area (Å²) in [6.45, 7) is 0. The van der Waals surface area contributed by atoms with Crippen LogP contribution in [0.25, 0.3) is 22.5 Å². The van der Waals surface area contributed by atoms with Gasteiger partial charge < -0.3 is 11.1 Å². The molecule has 154 valence electrons. The van der Waals surface area contributed by atoms with Crippen molar-refractivity contribution < 1.29 is 9.59 Å². The number of primary amides is 1. The SMILES string of the molecule is NC(=O)c1ccsc1NC(=O)CSc1nnc(-c2ccccc2)c(-c2ccccc2)n1. The number of nitrogens with zero attached hydrogens (tertiary/aromatic N) is 3. The normalized spacial score (nSPS) is 10.6. The van der Waals surface area contributed by atoms with E-state index in [1.165, 1.54) is 23.1 Å². The van der Waals surface area contributed by atoms with Crippen molar-refractivity contribution in [3.05, 3.63) is 77.7 Å². The fraction of sp³-hybridized carbons (Fsp3) is 0.0455. The van der Waals surface area contributed by atoms with Crippen LogP contribution in [0, 0.1) is 0 Å². The molecular weight excluding hydrogens is 430 g/mol. The second-order valence-corrected chi connectivity index (χ2v) is 8.25. The van der Waals surface area contributed by atoms with Gasteiger partial charge in [0.25, 0.3) is 5.91 Å². The molecule has 3 N–H and O–H groups in total. The first-order valence-corrected chi connectivity index (χ1v) is 11.1. The van der Waals surface area contributed by atoms with Crippen molar-refractivity contribution in [2.75, 3.05) is 11.1 Å². The predicted molar refractivity (Wildman–Crippen MR) is 123 cm³/mol. The van der Waals surface area contributed by atoms with Crippen molar-refractivity contribution in [3.8, 4) is 22.5 Å². The maximum atomic E-state index is 12.3. The minimum Gasteiger partial charge on any atom is -0.366 e. The molecule has 4 rings (SSSR count). The zero-order valence-corrected chi connectivity index (χ0v) is 17.8. The number of nitrogens with one attached hydrogen (secondary N) is 1. The van der Waals surface area contributed by atoms with E-state index >= 15 is 0 Å². The van der Waals surface area contributed by atoms with E-state index in [0.29, 0.717) is 27.1 Å². The Balaban J connectivity index is 1.55. The highest BCUT2D eigenvalue weighted by Gasteiger charge is 2.16. The van der Waals surface area contributed by atoms with Crippen LogP contribution in [0.5, 0.6) is 0 Å². The molecule has 7 nitrogen and oxygen atoms in total.